The molecule has 7 nitrogen and oxygen atoms in total. The molecular weight excluding hydrogens is 360 g/mol. The molecule has 3 rings (SSSR count). The van der Waals surface area contributed by atoms with Crippen molar-refractivity contribution in [2.45, 2.75) is 20.3 Å². The van der Waals surface area contributed by atoms with Crippen LogP contribution in [-0.4, -0.2) is 33.9 Å². The highest BCUT2D eigenvalue weighted by Gasteiger charge is 2.17. The van der Waals surface area contributed by atoms with Crippen LogP contribution < -0.4 is 5.32 Å². The summed E-state index contributed by atoms with van der Waals surface area (Å²) < 4.78 is 4.66. The van der Waals surface area contributed by atoms with Gasteiger partial charge in [-0.2, -0.15) is 0 Å². The molecule has 3 aromatic rings. The van der Waals surface area contributed by atoms with E-state index in [1.807, 2.05) is 19.2 Å². The molecule has 2 N–H and O–H groups in total. The third kappa shape index (κ3) is 3.62. The minimum Gasteiger partial charge on any atom is -0.464 e. The van der Waals surface area contributed by atoms with Crippen molar-refractivity contribution in [2.24, 2.45) is 0 Å². The Kier molecular flexibility index (Phi) is 4.95. The number of thiazole rings is 2. The van der Waals surface area contributed by atoms with Gasteiger partial charge in [0, 0.05) is 17.1 Å². The van der Waals surface area contributed by atoms with E-state index in [0.29, 0.717) is 21.4 Å². The first-order valence-electron chi connectivity index (χ1n) is 7.52. The summed E-state index contributed by atoms with van der Waals surface area (Å²) in [6.45, 7) is 3.83. The summed E-state index contributed by atoms with van der Waals surface area (Å²) in [5, 5.41) is 6.05. The number of esters is 1. The third-order valence-electron chi connectivity index (χ3n) is 3.46. The van der Waals surface area contributed by atoms with Gasteiger partial charge in [-0.25, -0.2) is 14.8 Å². The molecule has 0 bridgehead atoms. The molecule has 0 unspecified atom stereocenters. The van der Waals surface area contributed by atoms with Gasteiger partial charge in [-0.3, -0.25) is 10.1 Å². The molecule has 0 aliphatic rings. The summed E-state index contributed by atoms with van der Waals surface area (Å²) in [5.41, 5.74) is 2.49. The number of aryl methyl sites for hydroxylation is 2. The van der Waals surface area contributed by atoms with E-state index in [1.165, 1.54) is 29.8 Å². The molecule has 3 heterocycles. The summed E-state index contributed by atoms with van der Waals surface area (Å²) >= 11 is 2.72. The second-order valence-electron chi connectivity index (χ2n) is 5.16. The molecule has 3 aromatic heterocycles. The maximum Gasteiger partial charge on any atom is 0.354 e. The fraction of sp³-hybridized carbons (Fsp3) is 0.250. The Hall–Kier alpha value is -2.52. The fourth-order valence-electron chi connectivity index (χ4n) is 2.20. The third-order valence-corrected chi connectivity index (χ3v) is 5.52. The van der Waals surface area contributed by atoms with Gasteiger partial charge in [0.05, 0.1) is 23.5 Å². The zero-order chi connectivity index (χ0) is 18.0. The number of aromatic amines is 1. The number of hydrogen-bond acceptors (Lipinski definition) is 7. The number of aromatic nitrogens is 3. The number of nitrogens with one attached hydrogen (secondary N) is 2. The normalized spacial score (nSPS) is 10.7. The number of hydrogen-bond donors (Lipinski definition) is 2. The molecule has 0 atom stereocenters. The topological polar surface area (TPSA) is 97.0 Å². The summed E-state index contributed by atoms with van der Waals surface area (Å²) in [6.07, 6.45) is 2.48. The summed E-state index contributed by atoms with van der Waals surface area (Å²) in [4.78, 5) is 36.1. The van der Waals surface area contributed by atoms with E-state index in [9.17, 15) is 9.59 Å². The van der Waals surface area contributed by atoms with Crippen LogP contribution in [0.25, 0.3) is 11.3 Å². The number of nitrogens with zero attached hydrogens (tertiary/aromatic N) is 2. The van der Waals surface area contributed by atoms with Gasteiger partial charge in [-0.05, 0) is 19.4 Å². The summed E-state index contributed by atoms with van der Waals surface area (Å²) in [6, 6.07) is 1.66. The predicted octanol–water partition coefficient (Wildman–Crippen LogP) is 3.50. The molecule has 25 heavy (non-hydrogen) atoms. The Labute approximate surface area is 152 Å². The zero-order valence-electron chi connectivity index (χ0n) is 13.9. The average molecular weight is 376 g/mol. The van der Waals surface area contributed by atoms with Gasteiger partial charge in [-0.1, -0.05) is 6.92 Å². The Balaban J connectivity index is 1.75. The van der Waals surface area contributed by atoms with Gasteiger partial charge in [0.1, 0.15) is 10.6 Å². The lowest BCUT2D eigenvalue weighted by Gasteiger charge is -1.99. The van der Waals surface area contributed by atoms with E-state index >= 15 is 0 Å². The van der Waals surface area contributed by atoms with E-state index in [-0.39, 0.29) is 5.91 Å². The Morgan fingerprint density at radius 3 is 2.84 bits per heavy atom. The number of ether oxygens (including phenoxy) is 1. The predicted molar refractivity (Wildman–Crippen MR) is 97.4 cm³/mol. The van der Waals surface area contributed by atoms with E-state index in [1.54, 1.807) is 12.3 Å². The van der Waals surface area contributed by atoms with Crippen molar-refractivity contribution in [2.75, 3.05) is 12.4 Å². The van der Waals surface area contributed by atoms with Gasteiger partial charge in [-0.15, -0.1) is 22.7 Å². The van der Waals surface area contributed by atoms with Gasteiger partial charge < -0.3 is 9.72 Å². The molecule has 0 radical (unpaired) electrons. The van der Waals surface area contributed by atoms with Crippen LogP contribution in [0.5, 0.6) is 0 Å². The van der Waals surface area contributed by atoms with Crippen molar-refractivity contribution in [3.8, 4) is 11.3 Å². The van der Waals surface area contributed by atoms with Crippen LogP contribution in [0.1, 0.15) is 37.8 Å². The lowest BCUT2D eigenvalue weighted by molar-refractivity contribution is 0.0594. The maximum absolute atomic E-state index is 12.4. The van der Waals surface area contributed by atoms with E-state index in [2.05, 4.69) is 25.0 Å². The van der Waals surface area contributed by atoms with Crippen LogP contribution in [0.4, 0.5) is 5.13 Å². The number of carbonyl (C=O) groups excluding carboxylic acids is 2. The molecule has 0 aromatic carbocycles. The van der Waals surface area contributed by atoms with Crippen LogP contribution in [-0.2, 0) is 11.2 Å². The van der Waals surface area contributed by atoms with Gasteiger partial charge >= 0.3 is 5.97 Å². The van der Waals surface area contributed by atoms with Crippen LogP contribution in [0.3, 0.4) is 0 Å². The quantitative estimate of drug-likeness (QED) is 0.664. The summed E-state index contributed by atoms with van der Waals surface area (Å²) in [7, 11) is 1.32. The number of carbonyl (C=O) groups is 2. The highest BCUT2D eigenvalue weighted by molar-refractivity contribution is 7.15. The smallest absolute Gasteiger partial charge is 0.354 e. The molecular formula is C16H16N4O3S2. The molecule has 9 heteroatoms. The highest BCUT2D eigenvalue weighted by Crippen LogP contribution is 2.27. The molecule has 1 amide bonds. The lowest BCUT2D eigenvalue weighted by Crippen LogP contribution is -2.11. The number of rotatable bonds is 5. The molecule has 0 saturated heterocycles. The Morgan fingerprint density at radius 1 is 1.36 bits per heavy atom. The van der Waals surface area contributed by atoms with Crippen LogP contribution in [0, 0.1) is 6.92 Å². The van der Waals surface area contributed by atoms with Crippen molar-refractivity contribution < 1.29 is 14.3 Å². The molecule has 0 aliphatic carbocycles. The second kappa shape index (κ2) is 7.16. The first-order chi connectivity index (χ1) is 12.0. The molecule has 130 valence electrons. The first-order valence-corrected chi connectivity index (χ1v) is 9.21. The SMILES string of the molecule is CCc1nc(C)c(C(=O)Nc2nc(-c3c[nH]c(C(=O)OC)c3)cs2)s1. The first kappa shape index (κ1) is 17.3. The van der Waals surface area contributed by atoms with Gasteiger partial charge in [0.2, 0.25) is 0 Å². The van der Waals surface area contributed by atoms with Gasteiger partial charge in [0.15, 0.2) is 5.13 Å². The van der Waals surface area contributed by atoms with Crippen LogP contribution >= 0.6 is 22.7 Å². The fourth-order valence-corrected chi connectivity index (χ4v) is 3.82. The van der Waals surface area contributed by atoms with E-state index in [4.69, 9.17) is 0 Å². The van der Waals surface area contributed by atoms with Crippen molar-refractivity contribution in [1.29, 1.82) is 0 Å². The molecule has 0 spiro atoms. The monoisotopic (exact) mass is 376 g/mol. The van der Waals surface area contributed by atoms with Crippen LogP contribution in [0.2, 0.25) is 0 Å². The van der Waals surface area contributed by atoms with Crippen molar-refractivity contribution in [3.05, 3.63) is 38.9 Å². The lowest BCUT2D eigenvalue weighted by atomic mass is 10.2. The van der Waals surface area contributed by atoms with Crippen molar-refractivity contribution in [3.63, 3.8) is 0 Å². The number of anilines is 1. The molecule has 0 saturated carbocycles. The van der Waals surface area contributed by atoms with Crippen molar-refractivity contribution >= 4 is 39.7 Å². The minimum absolute atomic E-state index is 0.208. The van der Waals surface area contributed by atoms with E-state index < -0.39 is 5.97 Å². The minimum atomic E-state index is -0.442. The standard InChI is InChI=1S/C16H16N4O3S2/c1-4-12-18-8(2)13(25-12)14(21)20-16-19-11(7-24-16)9-5-10(17-6-9)15(22)23-3/h5-7,17H,4H2,1-3H3,(H,19,20,21). The van der Waals surface area contributed by atoms with Crippen molar-refractivity contribution in [1.82, 2.24) is 15.0 Å². The Bertz CT molecular complexity index is 926. The average Bonchev–Trinajstić information content (AvgIpc) is 3.32. The molecule has 0 fully saturated rings. The number of amides is 1. The largest absolute Gasteiger partial charge is 0.464 e. The molecule has 0 aliphatic heterocycles. The highest BCUT2D eigenvalue weighted by atomic mass is 32.1. The Morgan fingerprint density at radius 2 is 2.16 bits per heavy atom. The zero-order valence-corrected chi connectivity index (χ0v) is 15.5. The maximum atomic E-state index is 12.4. The van der Waals surface area contributed by atoms with Gasteiger partial charge in [0.25, 0.3) is 5.91 Å². The second-order valence-corrected chi connectivity index (χ2v) is 7.10. The number of methoxy groups -OCH3 is 1. The summed E-state index contributed by atoms with van der Waals surface area (Å²) in [5.74, 6) is -0.651. The number of H-pyrrole nitrogens is 1. The van der Waals surface area contributed by atoms with Crippen LogP contribution in [0.15, 0.2) is 17.6 Å². The van der Waals surface area contributed by atoms with E-state index in [0.717, 1.165) is 22.7 Å².